The number of nitriles is 2. The van der Waals surface area contributed by atoms with Gasteiger partial charge >= 0.3 is 0 Å². The van der Waals surface area contributed by atoms with Crippen LogP contribution in [0.5, 0.6) is 5.75 Å². The van der Waals surface area contributed by atoms with Gasteiger partial charge in [0.1, 0.15) is 24.5 Å². The third-order valence-electron chi connectivity index (χ3n) is 3.13. The highest BCUT2D eigenvalue weighted by Gasteiger charge is 2.15. The summed E-state index contributed by atoms with van der Waals surface area (Å²) < 4.78 is 5.51. The molecule has 1 aromatic rings. The second kappa shape index (κ2) is 8.97. The van der Waals surface area contributed by atoms with Gasteiger partial charge in [0.2, 0.25) is 0 Å². The fourth-order valence-electron chi connectivity index (χ4n) is 1.95. The smallest absolute Gasteiger partial charge is 0.137 e. The van der Waals surface area contributed by atoms with Gasteiger partial charge in [-0.1, -0.05) is 12.1 Å². The summed E-state index contributed by atoms with van der Waals surface area (Å²) in [6.45, 7) is 5.23. The van der Waals surface area contributed by atoms with Crippen molar-refractivity contribution in [2.45, 2.75) is 32.4 Å². The summed E-state index contributed by atoms with van der Waals surface area (Å²) in [6.07, 6.45) is -0.235. The van der Waals surface area contributed by atoms with Gasteiger partial charge in [-0.05, 0) is 26.0 Å². The van der Waals surface area contributed by atoms with E-state index in [-0.39, 0.29) is 12.6 Å². The number of rotatable bonds is 8. The Hall–Kier alpha value is -2.08. The zero-order valence-corrected chi connectivity index (χ0v) is 12.5. The molecule has 0 heterocycles. The summed E-state index contributed by atoms with van der Waals surface area (Å²) in [4.78, 5) is 2.04. The average Bonchev–Trinajstić information content (AvgIpc) is 2.49. The topological polar surface area (TPSA) is 80.3 Å². The quantitative estimate of drug-likeness (QED) is 0.790. The number of ether oxygens (including phenoxy) is 1. The number of nitrogens with zero attached hydrogens (tertiary/aromatic N) is 3. The van der Waals surface area contributed by atoms with Gasteiger partial charge in [-0.15, -0.1) is 0 Å². The molecule has 0 radical (unpaired) electrons. The molecule has 0 saturated carbocycles. The van der Waals surface area contributed by atoms with E-state index in [1.54, 1.807) is 24.3 Å². The highest BCUT2D eigenvalue weighted by Crippen LogP contribution is 2.16. The monoisotopic (exact) mass is 287 g/mol. The van der Waals surface area contributed by atoms with Crippen LogP contribution < -0.4 is 4.74 Å². The lowest BCUT2D eigenvalue weighted by Crippen LogP contribution is -2.40. The maximum Gasteiger partial charge on any atom is 0.137 e. The average molecular weight is 287 g/mol. The Balaban J connectivity index is 2.51. The molecule has 0 fully saturated rings. The van der Waals surface area contributed by atoms with Crippen LogP contribution >= 0.6 is 0 Å². The zero-order valence-electron chi connectivity index (χ0n) is 12.5. The second-order valence-corrected chi connectivity index (χ2v) is 5.07. The normalized spacial score (nSPS) is 12.0. The Morgan fingerprint density at radius 2 is 2.00 bits per heavy atom. The molecule has 1 aromatic carbocycles. The van der Waals surface area contributed by atoms with E-state index in [1.807, 2.05) is 18.7 Å². The first-order valence-corrected chi connectivity index (χ1v) is 6.99. The molecule has 5 heteroatoms. The van der Waals surface area contributed by atoms with E-state index in [9.17, 15) is 5.11 Å². The Labute approximate surface area is 126 Å². The molecular formula is C16H21N3O2. The number of aliphatic hydroxyl groups excluding tert-OH is 1. The summed E-state index contributed by atoms with van der Waals surface area (Å²) >= 11 is 0. The molecule has 0 aliphatic heterocycles. The van der Waals surface area contributed by atoms with Crippen LogP contribution in [-0.4, -0.2) is 41.8 Å². The van der Waals surface area contributed by atoms with E-state index in [1.165, 1.54) is 0 Å². The lowest BCUT2D eigenvalue weighted by molar-refractivity contribution is 0.0583. The minimum atomic E-state index is -0.669. The maximum absolute atomic E-state index is 10.1. The summed E-state index contributed by atoms with van der Waals surface area (Å²) in [6, 6.07) is 11.4. The van der Waals surface area contributed by atoms with Crippen molar-refractivity contribution in [1.82, 2.24) is 4.90 Å². The zero-order chi connectivity index (χ0) is 15.7. The van der Waals surface area contributed by atoms with Crippen LogP contribution in [0, 0.1) is 22.7 Å². The number of para-hydroxylation sites is 1. The van der Waals surface area contributed by atoms with Gasteiger partial charge in [-0.25, -0.2) is 0 Å². The van der Waals surface area contributed by atoms with Crippen LogP contribution in [0.15, 0.2) is 24.3 Å². The van der Waals surface area contributed by atoms with Crippen molar-refractivity contribution >= 4 is 0 Å². The van der Waals surface area contributed by atoms with Crippen LogP contribution in [0.2, 0.25) is 0 Å². The summed E-state index contributed by atoms with van der Waals surface area (Å²) in [5.74, 6) is 0.479. The van der Waals surface area contributed by atoms with Crippen molar-refractivity contribution in [1.29, 1.82) is 10.5 Å². The van der Waals surface area contributed by atoms with Crippen molar-refractivity contribution in [3.8, 4) is 17.9 Å². The lowest BCUT2D eigenvalue weighted by Gasteiger charge is -2.27. The molecule has 0 amide bonds. The van der Waals surface area contributed by atoms with Crippen molar-refractivity contribution < 1.29 is 9.84 Å². The molecule has 0 aliphatic carbocycles. The van der Waals surface area contributed by atoms with Gasteiger partial charge in [0.15, 0.2) is 0 Å². The fraction of sp³-hybridized carbons (Fsp3) is 0.500. The van der Waals surface area contributed by atoms with Gasteiger partial charge in [-0.2, -0.15) is 10.5 Å². The van der Waals surface area contributed by atoms with Gasteiger partial charge < -0.3 is 9.84 Å². The Bertz CT molecular complexity index is 517. The maximum atomic E-state index is 10.1. The standard InChI is InChI=1S/C16H21N3O2/c1-13(2)19(9-5-8-17)11-15(20)12-21-16-7-4-3-6-14(16)10-18/h3-4,6-7,13,15,20H,5,9,11-12H2,1-2H3. The fourth-order valence-corrected chi connectivity index (χ4v) is 1.95. The van der Waals surface area contributed by atoms with Crippen molar-refractivity contribution in [3.63, 3.8) is 0 Å². The van der Waals surface area contributed by atoms with Crippen LogP contribution in [0.4, 0.5) is 0 Å². The van der Waals surface area contributed by atoms with Crippen LogP contribution in [0.25, 0.3) is 0 Å². The van der Waals surface area contributed by atoms with E-state index in [0.717, 1.165) is 0 Å². The lowest BCUT2D eigenvalue weighted by atomic mass is 10.2. The van der Waals surface area contributed by atoms with E-state index in [2.05, 4.69) is 12.1 Å². The molecule has 0 spiro atoms. The molecule has 1 N–H and O–H groups in total. The summed E-state index contributed by atoms with van der Waals surface area (Å²) in [7, 11) is 0. The SMILES string of the molecule is CC(C)N(CCC#N)CC(O)COc1ccccc1C#N. The van der Waals surface area contributed by atoms with Crippen molar-refractivity contribution in [2.75, 3.05) is 19.7 Å². The molecule has 1 rings (SSSR count). The van der Waals surface area contributed by atoms with E-state index >= 15 is 0 Å². The molecule has 5 nitrogen and oxygen atoms in total. The molecule has 112 valence electrons. The van der Waals surface area contributed by atoms with E-state index in [4.69, 9.17) is 15.3 Å². The molecule has 0 saturated heterocycles. The van der Waals surface area contributed by atoms with E-state index in [0.29, 0.717) is 30.8 Å². The van der Waals surface area contributed by atoms with Crippen molar-refractivity contribution in [2.24, 2.45) is 0 Å². The molecule has 0 aromatic heterocycles. The summed E-state index contributed by atoms with van der Waals surface area (Å²) in [5, 5.41) is 27.7. The molecule has 1 atom stereocenters. The van der Waals surface area contributed by atoms with Gasteiger partial charge in [0, 0.05) is 25.6 Å². The van der Waals surface area contributed by atoms with Crippen LogP contribution in [0.3, 0.4) is 0 Å². The Morgan fingerprint density at radius 1 is 1.29 bits per heavy atom. The highest BCUT2D eigenvalue weighted by atomic mass is 16.5. The predicted molar refractivity (Wildman–Crippen MR) is 79.6 cm³/mol. The second-order valence-electron chi connectivity index (χ2n) is 5.07. The number of aliphatic hydroxyl groups is 1. The van der Waals surface area contributed by atoms with Crippen molar-refractivity contribution in [3.05, 3.63) is 29.8 Å². The number of hydrogen-bond donors (Lipinski definition) is 1. The number of benzene rings is 1. The number of hydrogen-bond acceptors (Lipinski definition) is 5. The predicted octanol–water partition coefficient (Wildman–Crippen LogP) is 1.92. The third kappa shape index (κ3) is 5.83. The van der Waals surface area contributed by atoms with Crippen LogP contribution in [0.1, 0.15) is 25.8 Å². The third-order valence-corrected chi connectivity index (χ3v) is 3.13. The van der Waals surface area contributed by atoms with Gasteiger partial charge in [-0.3, -0.25) is 4.90 Å². The van der Waals surface area contributed by atoms with E-state index < -0.39 is 6.10 Å². The molecular weight excluding hydrogens is 266 g/mol. The highest BCUT2D eigenvalue weighted by molar-refractivity contribution is 5.42. The molecule has 1 unspecified atom stereocenters. The summed E-state index contributed by atoms with van der Waals surface area (Å²) in [5.41, 5.74) is 0.454. The minimum absolute atomic E-state index is 0.120. The Morgan fingerprint density at radius 3 is 2.62 bits per heavy atom. The first kappa shape index (κ1) is 17.0. The molecule has 21 heavy (non-hydrogen) atoms. The largest absolute Gasteiger partial charge is 0.489 e. The van der Waals surface area contributed by atoms with Gasteiger partial charge in [0.25, 0.3) is 0 Å². The van der Waals surface area contributed by atoms with Gasteiger partial charge in [0.05, 0.1) is 11.6 Å². The Kier molecular flexibility index (Phi) is 7.25. The molecule has 0 aliphatic rings. The first-order chi connectivity index (χ1) is 10.1. The first-order valence-electron chi connectivity index (χ1n) is 6.99. The minimum Gasteiger partial charge on any atom is -0.489 e. The van der Waals surface area contributed by atoms with Crippen LogP contribution in [-0.2, 0) is 0 Å². The molecule has 0 bridgehead atoms.